The second-order valence-electron chi connectivity index (χ2n) is 5.28. The Morgan fingerprint density at radius 1 is 1.24 bits per heavy atom. The van der Waals surface area contributed by atoms with E-state index in [1.165, 1.54) is 44.5 Å². The Bertz CT molecular complexity index is 348. The largest absolute Gasteiger partial charge is 0.396 e. The molecule has 2 N–H and O–H groups in total. The van der Waals surface area contributed by atoms with E-state index in [1.54, 1.807) is 6.20 Å². The minimum Gasteiger partial charge on any atom is -0.396 e. The summed E-state index contributed by atoms with van der Waals surface area (Å²) in [5.41, 5.74) is 8.04. The average Bonchev–Trinajstić information content (AvgIpc) is 2.52. The Balaban J connectivity index is 2.08. The molecule has 0 unspecified atom stereocenters. The maximum atomic E-state index is 6.03. The monoisotopic (exact) mass is 236 g/mol. The fourth-order valence-electron chi connectivity index (χ4n) is 2.52. The van der Waals surface area contributed by atoms with Crippen LogP contribution >= 0.6 is 0 Å². The molecule has 1 aromatic rings. The summed E-state index contributed by atoms with van der Waals surface area (Å²) in [6.45, 7) is 7.65. The van der Waals surface area contributed by atoms with E-state index < -0.39 is 0 Å². The molecule has 0 aromatic carbocycles. The van der Waals surface area contributed by atoms with E-state index in [9.17, 15) is 0 Å². The number of nitrogens with zero attached hydrogens (tertiary/aromatic N) is 3. The molecule has 0 aliphatic carbocycles. The van der Waals surface area contributed by atoms with Crippen LogP contribution in [-0.4, -0.2) is 27.8 Å². The highest BCUT2D eigenvalue weighted by molar-refractivity contribution is 5.41. The fraction of sp³-hybridized carbons (Fsp3) is 0.769. The molecule has 0 saturated carbocycles. The number of nitrogens with two attached hydrogens (primary N) is 1. The van der Waals surface area contributed by atoms with Crippen LogP contribution < -0.4 is 5.73 Å². The molecule has 17 heavy (non-hydrogen) atoms. The lowest BCUT2D eigenvalue weighted by Crippen LogP contribution is -2.26. The van der Waals surface area contributed by atoms with Gasteiger partial charge >= 0.3 is 0 Å². The normalized spacial score (nSPS) is 18.5. The van der Waals surface area contributed by atoms with Crippen LogP contribution in [0.4, 0.5) is 5.69 Å². The molecular weight excluding hydrogens is 212 g/mol. The Morgan fingerprint density at radius 2 is 1.88 bits per heavy atom. The minimum atomic E-state index is 0.384. The second-order valence-corrected chi connectivity index (χ2v) is 5.28. The molecule has 1 saturated heterocycles. The third kappa shape index (κ3) is 3.00. The zero-order valence-corrected chi connectivity index (χ0v) is 11.0. The highest BCUT2D eigenvalue weighted by Gasteiger charge is 2.16. The Kier molecular flexibility index (Phi) is 4.05. The van der Waals surface area contributed by atoms with E-state index in [2.05, 4.69) is 28.5 Å². The lowest BCUT2D eigenvalue weighted by Gasteiger charge is -2.21. The summed E-state index contributed by atoms with van der Waals surface area (Å²) in [5.74, 6) is 0. The summed E-state index contributed by atoms with van der Waals surface area (Å²) in [5, 5.41) is 4.37. The Hall–Kier alpha value is -1.03. The first-order chi connectivity index (χ1) is 8.18. The minimum absolute atomic E-state index is 0.384. The number of aromatic nitrogens is 2. The van der Waals surface area contributed by atoms with Gasteiger partial charge in [0.05, 0.1) is 17.6 Å². The zero-order chi connectivity index (χ0) is 12.3. The molecule has 1 aliphatic heterocycles. The van der Waals surface area contributed by atoms with E-state index >= 15 is 0 Å². The van der Waals surface area contributed by atoms with Crippen molar-refractivity contribution in [2.75, 3.05) is 18.8 Å². The third-order valence-electron chi connectivity index (χ3n) is 3.49. The van der Waals surface area contributed by atoms with Crippen molar-refractivity contribution in [1.29, 1.82) is 0 Å². The van der Waals surface area contributed by atoms with Gasteiger partial charge in [0.1, 0.15) is 0 Å². The first-order valence-electron chi connectivity index (χ1n) is 6.72. The van der Waals surface area contributed by atoms with Crippen LogP contribution in [0.5, 0.6) is 0 Å². The molecule has 1 aliphatic rings. The predicted octanol–water partition coefficient (Wildman–Crippen LogP) is 2.42. The number of nitrogen functional groups attached to an aromatic ring is 1. The van der Waals surface area contributed by atoms with Crippen molar-refractivity contribution in [3.63, 3.8) is 0 Å². The second kappa shape index (κ2) is 5.54. The highest BCUT2D eigenvalue weighted by Crippen LogP contribution is 2.20. The Morgan fingerprint density at radius 3 is 2.47 bits per heavy atom. The smallest absolute Gasteiger partial charge is 0.0756 e. The molecule has 1 aromatic heterocycles. The van der Waals surface area contributed by atoms with E-state index in [0.717, 1.165) is 12.2 Å². The molecule has 4 heteroatoms. The molecule has 0 spiro atoms. The maximum absolute atomic E-state index is 6.03. The van der Waals surface area contributed by atoms with Gasteiger partial charge in [0, 0.05) is 12.6 Å². The van der Waals surface area contributed by atoms with Crippen LogP contribution in [0, 0.1) is 0 Å². The lowest BCUT2D eigenvalue weighted by molar-refractivity contribution is 0.266. The van der Waals surface area contributed by atoms with Gasteiger partial charge in [-0.25, -0.2) is 0 Å². The fourth-order valence-corrected chi connectivity index (χ4v) is 2.52. The molecule has 4 nitrogen and oxygen atoms in total. The quantitative estimate of drug-likeness (QED) is 0.876. The Labute approximate surface area is 104 Å². The molecule has 0 atom stereocenters. The van der Waals surface area contributed by atoms with Crippen LogP contribution in [0.3, 0.4) is 0 Å². The van der Waals surface area contributed by atoms with Gasteiger partial charge in [-0.05, 0) is 39.8 Å². The van der Waals surface area contributed by atoms with Crippen LogP contribution in [0.15, 0.2) is 6.20 Å². The van der Waals surface area contributed by atoms with Crippen molar-refractivity contribution in [2.24, 2.45) is 0 Å². The molecule has 0 radical (unpaired) electrons. The topological polar surface area (TPSA) is 47.1 Å². The van der Waals surface area contributed by atoms with Crippen molar-refractivity contribution >= 4 is 5.69 Å². The van der Waals surface area contributed by atoms with Gasteiger partial charge < -0.3 is 5.73 Å². The summed E-state index contributed by atoms with van der Waals surface area (Å²) in [6.07, 6.45) is 7.16. The summed E-state index contributed by atoms with van der Waals surface area (Å²) < 4.78 is 2.06. The summed E-state index contributed by atoms with van der Waals surface area (Å²) in [6, 6.07) is 0.384. The van der Waals surface area contributed by atoms with Crippen molar-refractivity contribution in [3.8, 4) is 0 Å². The van der Waals surface area contributed by atoms with Crippen molar-refractivity contribution in [2.45, 2.75) is 52.1 Å². The zero-order valence-electron chi connectivity index (χ0n) is 11.0. The molecule has 96 valence electrons. The molecule has 2 rings (SSSR count). The van der Waals surface area contributed by atoms with Gasteiger partial charge in [-0.2, -0.15) is 5.10 Å². The van der Waals surface area contributed by atoms with E-state index in [0.29, 0.717) is 6.04 Å². The number of rotatable bonds is 3. The molecule has 2 heterocycles. The number of anilines is 1. The third-order valence-corrected chi connectivity index (χ3v) is 3.49. The van der Waals surface area contributed by atoms with Crippen LogP contribution in [-0.2, 0) is 6.54 Å². The number of hydrogen-bond donors (Lipinski definition) is 1. The van der Waals surface area contributed by atoms with Crippen LogP contribution in [0.25, 0.3) is 0 Å². The van der Waals surface area contributed by atoms with E-state index in [1.807, 2.05) is 0 Å². The highest BCUT2D eigenvalue weighted by atomic mass is 15.3. The average molecular weight is 236 g/mol. The van der Waals surface area contributed by atoms with Crippen molar-refractivity contribution in [3.05, 3.63) is 11.9 Å². The molecule has 0 bridgehead atoms. The summed E-state index contributed by atoms with van der Waals surface area (Å²) in [7, 11) is 0. The van der Waals surface area contributed by atoms with Crippen molar-refractivity contribution < 1.29 is 0 Å². The molecule has 1 fully saturated rings. The van der Waals surface area contributed by atoms with Crippen LogP contribution in [0.1, 0.15) is 51.3 Å². The first-order valence-corrected chi connectivity index (χ1v) is 6.72. The van der Waals surface area contributed by atoms with Crippen LogP contribution in [0.2, 0.25) is 0 Å². The van der Waals surface area contributed by atoms with Gasteiger partial charge in [0.15, 0.2) is 0 Å². The summed E-state index contributed by atoms with van der Waals surface area (Å²) in [4.78, 5) is 2.51. The van der Waals surface area contributed by atoms with Crippen molar-refractivity contribution in [1.82, 2.24) is 14.7 Å². The predicted molar refractivity (Wildman–Crippen MR) is 70.8 cm³/mol. The van der Waals surface area contributed by atoms with Gasteiger partial charge in [-0.3, -0.25) is 9.58 Å². The molecular formula is C13H24N4. The lowest BCUT2D eigenvalue weighted by atomic mass is 10.2. The maximum Gasteiger partial charge on any atom is 0.0756 e. The van der Waals surface area contributed by atoms with Gasteiger partial charge in [-0.15, -0.1) is 0 Å². The van der Waals surface area contributed by atoms with Gasteiger partial charge in [0.25, 0.3) is 0 Å². The van der Waals surface area contributed by atoms with Gasteiger partial charge in [-0.1, -0.05) is 12.8 Å². The summed E-state index contributed by atoms with van der Waals surface area (Å²) >= 11 is 0. The first kappa shape index (κ1) is 12.4. The number of likely N-dealkylation sites (tertiary alicyclic amines) is 1. The standard InChI is InChI=1S/C13H24N4/c1-11(2)17-13(12(14)9-15-17)10-16-7-5-3-4-6-8-16/h9,11H,3-8,10,14H2,1-2H3. The van der Waals surface area contributed by atoms with E-state index in [4.69, 9.17) is 5.73 Å². The van der Waals surface area contributed by atoms with Gasteiger partial charge in [0.2, 0.25) is 0 Å². The molecule has 0 amide bonds. The SMILES string of the molecule is CC(C)n1ncc(N)c1CN1CCCCCC1. The van der Waals surface area contributed by atoms with E-state index in [-0.39, 0.29) is 0 Å². The number of hydrogen-bond acceptors (Lipinski definition) is 3.